The van der Waals surface area contributed by atoms with Crippen LogP contribution in [0, 0.1) is 0 Å². The van der Waals surface area contributed by atoms with Crippen molar-refractivity contribution in [2.24, 2.45) is 0 Å². The summed E-state index contributed by atoms with van der Waals surface area (Å²) in [6, 6.07) is 0.111. The molecule has 0 radical (unpaired) electrons. The lowest BCUT2D eigenvalue weighted by molar-refractivity contribution is -0.120. The Bertz CT molecular complexity index is 321. The Kier molecular flexibility index (Phi) is 4.15. The van der Waals surface area contributed by atoms with Crippen LogP contribution < -0.4 is 10.6 Å². The highest BCUT2D eigenvalue weighted by Gasteiger charge is 2.07. The van der Waals surface area contributed by atoms with E-state index in [4.69, 9.17) is 0 Å². The number of aromatic nitrogens is 2. The fourth-order valence-corrected chi connectivity index (χ4v) is 1.33. The van der Waals surface area contributed by atoms with E-state index in [9.17, 15) is 4.79 Å². The number of carbonyl (C=O) groups excluding carboxylic acids is 1. The van der Waals surface area contributed by atoms with Crippen LogP contribution in [-0.4, -0.2) is 28.8 Å². The Hall–Kier alpha value is -1.52. The number of rotatable bonds is 5. The van der Waals surface area contributed by atoms with Crippen LogP contribution in [0.2, 0.25) is 0 Å². The molecule has 1 unspecified atom stereocenters. The van der Waals surface area contributed by atoms with Crippen LogP contribution in [0.25, 0.3) is 0 Å². The van der Waals surface area contributed by atoms with Crippen LogP contribution in [0.3, 0.4) is 0 Å². The van der Waals surface area contributed by atoms with Crippen LogP contribution >= 0.6 is 0 Å². The number of nitrogens with zero attached hydrogens (tertiary/aromatic N) is 2. The first-order chi connectivity index (χ1) is 7.15. The second-order valence-electron chi connectivity index (χ2n) is 3.51. The van der Waals surface area contributed by atoms with Crippen molar-refractivity contribution in [1.82, 2.24) is 15.1 Å². The largest absolute Gasteiger partial charge is 0.380 e. The van der Waals surface area contributed by atoms with Crippen molar-refractivity contribution >= 4 is 11.6 Å². The maximum atomic E-state index is 11.1. The molecule has 0 aliphatic carbocycles. The minimum absolute atomic E-state index is 0.0397. The number of hydrogen-bond donors (Lipinski definition) is 2. The summed E-state index contributed by atoms with van der Waals surface area (Å²) in [6.45, 7) is 4.86. The molecule has 0 aromatic carbocycles. The van der Waals surface area contributed by atoms with Gasteiger partial charge in [-0.3, -0.25) is 9.48 Å². The molecule has 0 aliphatic heterocycles. The molecule has 1 rings (SSSR count). The fraction of sp³-hybridized carbons (Fsp3) is 0.600. The summed E-state index contributed by atoms with van der Waals surface area (Å²) in [5, 5.41) is 9.96. The lowest BCUT2D eigenvalue weighted by Crippen LogP contribution is -2.26. The van der Waals surface area contributed by atoms with Gasteiger partial charge in [0.1, 0.15) is 0 Å². The number of aryl methyl sites for hydroxylation is 1. The van der Waals surface area contributed by atoms with Crippen molar-refractivity contribution < 1.29 is 4.79 Å². The van der Waals surface area contributed by atoms with E-state index >= 15 is 0 Å². The minimum Gasteiger partial charge on any atom is -0.380 e. The van der Waals surface area contributed by atoms with Crippen molar-refractivity contribution in [2.45, 2.75) is 32.9 Å². The highest BCUT2D eigenvalue weighted by atomic mass is 16.1. The molecular weight excluding hydrogens is 192 g/mol. The normalized spacial score (nSPS) is 12.2. The number of carbonyl (C=O) groups is 1. The van der Waals surface area contributed by atoms with Gasteiger partial charge < -0.3 is 10.6 Å². The second-order valence-corrected chi connectivity index (χ2v) is 3.51. The van der Waals surface area contributed by atoms with Gasteiger partial charge >= 0.3 is 0 Å². The molecule has 1 aromatic heterocycles. The predicted octanol–water partition coefficient (Wildman–Crippen LogP) is 0.839. The summed E-state index contributed by atoms with van der Waals surface area (Å²) < 4.78 is 1.84. The summed E-state index contributed by atoms with van der Waals surface area (Å²) in [7, 11) is 1.64. The molecular formula is C10H18N4O. The summed E-state index contributed by atoms with van der Waals surface area (Å²) in [6.07, 6.45) is 4.16. The second kappa shape index (κ2) is 5.38. The molecule has 84 valence electrons. The van der Waals surface area contributed by atoms with E-state index in [0.717, 1.165) is 12.2 Å². The third-order valence-electron chi connectivity index (χ3n) is 2.14. The molecule has 5 nitrogen and oxygen atoms in total. The lowest BCUT2D eigenvalue weighted by Gasteiger charge is -2.12. The molecule has 1 heterocycles. The Labute approximate surface area is 89.9 Å². The Morgan fingerprint density at radius 3 is 2.93 bits per heavy atom. The molecule has 0 fully saturated rings. The van der Waals surface area contributed by atoms with Crippen molar-refractivity contribution in [3.05, 3.63) is 12.4 Å². The molecule has 15 heavy (non-hydrogen) atoms. The van der Waals surface area contributed by atoms with Crippen LogP contribution in [0.5, 0.6) is 0 Å². The Balaban J connectivity index is 2.43. The van der Waals surface area contributed by atoms with Crippen molar-refractivity contribution in [3.8, 4) is 0 Å². The van der Waals surface area contributed by atoms with Gasteiger partial charge in [-0.25, -0.2) is 0 Å². The van der Waals surface area contributed by atoms with Crippen molar-refractivity contribution in [1.29, 1.82) is 0 Å². The van der Waals surface area contributed by atoms with Crippen molar-refractivity contribution in [2.75, 3.05) is 12.4 Å². The van der Waals surface area contributed by atoms with E-state index in [1.807, 2.05) is 24.7 Å². The van der Waals surface area contributed by atoms with Gasteiger partial charge in [0.2, 0.25) is 5.91 Å². The van der Waals surface area contributed by atoms with E-state index in [1.165, 1.54) is 0 Å². The zero-order valence-electron chi connectivity index (χ0n) is 9.45. The molecule has 1 atom stereocenters. The Morgan fingerprint density at radius 2 is 2.40 bits per heavy atom. The fourth-order valence-electron chi connectivity index (χ4n) is 1.33. The molecule has 0 saturated heterocycles. The number of nitrogens with one attached hydrogen (secondary N) is 2. The highest BCUT2D eigenvalue weighted by molar-refractivity contribution is 5.76. The van der Waals surface area contributed by atoms with Gasteiger partial charge in [-0.15, -0.1) is 0 Å². The molecule has 1 aromatic rings. The average molecular weight is 210 g/mol. The first kappa shape index (κ1) is 11.6. The lowest BCUT2D eigenvalue weighted by atomic mass is 10.2. The standard InChI is InChI=1S/C10H18N4O/c1-4-14-7-9(6-12-14)13-8(2)5-10(15)11-3/h6-8,13H,4-5H2,1-3H3,(H,11,15). The zero-order valence-corrected chi connectivity index (χ0v) is 9.45. The van der Waals surface area contributed by atoms with Crippen molar-refractivity contribution in [3.63, 3.8) is 0 Å². The topological polar surface area (TPSA) is 59.0 Å². The number of hydrogen-bond acceptors (Lipinski definition) is 3. The highest BCUT2D eigenvalue weighted by Crippen LogP contribution is 2.08. The molecule has 0 aliphatic rings. The SMILES string of the molecule is CCn1cc(NC(C)CC(=O)NC)cn1. The number of anilines is 1. The third-order valence-corrected chi connectivity index (χ3v) is 2.14. The smallest absolute Gasteiger partial charge is 0.221 e. The van der Waals surface area contributed by atoms with Gasteiger partial charge in [0.15, 0.2) is 0 Å². The molecule has 0 spiro atoms. The molecule has 0 bridgehead atoms. The quantitative estimate of drug-likeness (QED) is 0.757. The minimum atomic E-state index is 0.0397. The van der Waals surface area contributed by atoms with Gasteiger partial charge in [-0.05, 0) is 13.8 Å². The summed E-state index contributed by atoms with van der Waals surface area (Å²) >= 11 is 0. The van der Waals surface area contributed by atoms with Crippen LogP contribution in [-0.2, 0) is 11.3 Å². The predicted molar refractivity (Wildman–Crippen MR) is 59.7 cm³/mol. The molecule has 1 amide bonds. The van der Waals surface area contributed by atoms with Gasteiger partial charge in [-0.2, -0.15) is 5.10 Å². The van der Waals surface area contributed by atoms with E-state index in [2.05, 4.69) is 15.7 Å². The van der Waals surface area contributed by atoms with E-state index in [0.29, 0.717) is 6.42 Å². The van der Waals surface area contributed by atoms with Crippen LogP contribution in [0.4, 0.5) is 5.69 Å². The van der Waals surface area contributed by atoms with Gasteiger partial charge in [0, 0.05) is 32.3 Å². The molecule has 2 N–H and O–H groups in total. The van der Waals surface area contributed by atoms with E-state index in [-0.39, 0.29) is 11.9 Å². The summed E-state index contributed by atoms with van der Waals surface area (Å²) in [5.41, 5.74) is 0.952. The first-order valence-electron chi connectivity index (χ1n) is 5.15. The Morgan fingerprint density at radius 1 is 1.67 bits per heavy atom. The van der Waals surface area contributed by atoms with Gasteiger partial charge in [0.05, 0.1) is 11.9 Å². The summed E-state index contributed by atoms with van der Waals surface area (Å²) in [5.74, 6) is 0.0397. The maximum absolute atomic E-state index is 11.1. The van der Waals surface area contributed by atoms with Crippen LogP contribution in [0.15, 0.2) is 12.4 Å². The van der Waals surface area contributed by atoms with Crippen LogP contribution in [0.1, 0.15) is 20.3 Å². The van der Waals surface area contributed by atoms with E-state index < -0.39 is 0 Å². The maximum Gasteiger partial charge on any atom is 0.221 e. The van der Waals surface area contributed by atoms with Gasteiger partial charge in [0.25, 0.3) is 0 Å². The third kappa shape index (κ3) is 3.61. The zero-order chi connectivity index (χ0) is 11.3. The first-order valence-corrected chi connectivity index (χ1v) is 5.15. The number of amides is 1. The van der Waals surface area contributed by atoms with Gasteiger partial charge in [-0.1, -0.05) is 0 Å². The molecule has 0 saturated carbocycles. The summed E-state index contributed by atoms with van der Waals surface area (Å²) in [4.78, 5) is 11.1. The van der Waals surface area contributed by atoms with E-state index in [1.54, 1.807) is 13.2 Å². The average Bonchev–Trinajstić information content (AvgIpc) is 2.65. The monoisotopic (exact) mass is 210 g/mol. The molecule has 5 heteroatoms.